The molecule has 1 saturated heterocycles. The third kappa shape index (κ3) is 6.06. The van der Waals surface area contributed by atoms with Gasteiger partial charge in [0.05, 0.1) is 65.5 Å². The summed E-state index contributed by atoms with van der Waals surface area (Å²) in [6, 6.07) is 22.4. The second-order valence-corrected chi connectivity index (χ2v) is 16.9. The molecule has 2 N–H and O–H groups in total. The molecule has 0 bridgehead atoms. The third-order valence-electron chi connectivity index (χ3n) is 12.6. The number of carbonyl (C=O) groups is 2. The van der Waals surface area contributed by atoms with Gasteiger partial charge in [-0.1, -0.05) is 54.1 Å². The average Bonchev–Trinajstić information content (AvgIpc) is 3.65. The third-order valence-corrected chi connectivity index (χ3v) is 13.4. The van der Waals surface area contributed by atoms with Crippen molar-refractivity contribution in [1.82, 2.24) is 28.5 Å². The Bertz CT molecular complexity index is 3040. The van der Waals surface area contributed by atoms with Gasteiger partial charge in [-0.25, -0.2) is 28.5 Å². The molecule has 2 fully saturated rings. The number of aromatic nitrogens is 5. The molecule has 3 aliphatic rings. The van der Waals surface area contributed by atoms with Gasteiger partial charge in [0.1, 0.15) is 5.69 Å². The quantitative estimate of drug-likeness (QED) is 0.112. The maximum absolute atomic E-state index is 15.5. The van der Waals surface area contributed by atoms with Crippen LogP contribution in [0.5, 0.6) is 23.0 Å². The molecule has 62 heavy (non-hydrogen) atoms. The normalized spacial score (nSPS) is 20.4. The fourth-order valence-electron chi connectivity index (χ4n) is 9.63. The Morgan fingerprint density at radius 1 is 0.887 bits per heavy atom. The molecule has 4 atom stereocenters. The molecular weight excluding hydrogens is 909 g/mol. The summed E-state index contributed by atoms with van der Waals surface area (Å²) in [4.78, 5) is 77.6. The van der Waals surface area contributed by atoms with E-state index in [-0.39, 0.29) is 43.1 Å². The minimum atomic E-state index is -1.54. The molecule has 2 aliphatic heterocycles. The van der Waals surface area contributed by atoms with Crippen molar-refractivity contribution in [1.29, 1.82) is 0 Å². The number of allylic oxidation sites excluding steroid dienone is 2. The first kappa shape index (κ1) is 40.8. The van der Waals surface area contributed by atoms with Crippen molar-refractivity contribution in [3.8, 4) is 23.0 Å². The van der Waals surface area contributed by atoms with E-state index in [4.69, 9.17) is 14.2 Å². The van der Waals surface area contributed by atoms with Crippen LogP contribution in [0.1, 0.15) is 40.8 Å². The van der Waals surface area contributed by atoms with Crippen LogP contribution in [0.4, 0.5) is 5.69 Å². The molecule has 0 radical (unpaired) electrons. The van der Waals surface area contributed by atoms with Crippen molar-refractivity contribution in [2.45, 2.75) is 50.2 Å². The van der Waals surface area contributed by atoms with Crippen LogP contribution in [0.25, 0.3) is 11.0 Å². The molecule has 1 aliphatic carbocycles. The van der Waals surface area contributed by atoms with E-state index >= 15 is 4.79 Å². The van der Waals surface area contributed by atoms with Gasteiger partial charge < -0.3 is 23.9 Å². The molecule has 2 amide bonds. The summed E-state index contributed by atoms with van der Waals surface area (Å²) < 4.78 is 22.2. The van der Waals surface area contributed by atoms with Gasteiger partial charge in [-0.15, -0.1) is 0 Å². The van der Waals surface area contributed by atoms with E-state index < -0.39 is 52.0 Å². The Hall–Kier alpha value is -6.63. The molecular formula is C45H42IN7O9. The molecule has 4 aromatic carbocycles. The SMILES string of the molecule is COc1cc2nc(CCn3c(=O)n4n(c3=O)[C@@H]3C[C@H]5C(=O)N(Nc6ccc(C)cc6)C(=O)[C@@]5(c5ccccc5)[C@@H](c5cc(I)c(O)c(OC)c5)C3=CC4)c(=O)n(C)c2cc1OC. The van der Waals surface area contributed by atoms with Crippen LogP contribution in [0.3, 0.4) is 0 Å². The molecule has 4 heterocycles. The van der Waals surface area contributed by atoms with Crippen LogP contribution in [-0.4, -0.2) is 66.7 Å². The van der Waals surface area contributed by atoms with E-state index in [2.05, 4.69) is 10.4 Å². The number of ether oxygens (including phenoxy) is 3. The highest BCUT2D eigenvalue weighted by Gasteiger charge is 2.69. The van der Waals surface area contributed by atoms with Crippen LogP contribution in [-0.2, 0) is 41.6 Å². The number of nitrogens with one attached hydrogen (secondary N) is 1. The standard InChI is InChI=1S/C45H42IN7O9/c1-24-11-13-27(14-12-24)48-52-40(55)29-21-33-28(38(25-19-30(46)39(54)37(20-25)62-5)45(29,42(52)57)26-9-7-6-8-10-26)15-18-51-43(58)50(44(59)53(33)51)17-16-31-41(56)49(2)34-23-36(61-4)35(60-3)22-32(34)47-31/h6-15,19-20,22-23,29,33,38,48,54H,16-18,21H2,1-5H3/t29-,33+,38-,45+/m0/s1. The number of carbonyl (C=O) groups excluding carboxylic acids is 2. The predicted octanol–water partition coefficient (Wildman–Crippen LogP) is 4.56. The summed E-state index contributed by atoms with van der Waals surface area (Å²) in [6.45, 7) is 1.76. The van der Waals surface area contributed by atoms with Crippen LogP contribution in [0, 0.1) is 16.4 Å². The van der Waals surface area contributed by atoms with E-state index in [0.29, 0.717) is 48.5 Å². The van der Waals surface area contributed by atoms with E-state index in [1.165, 1.54) is 35.3 Å². The summed E-state index contributed by atoms with van der Waals surface area (Å²) in [7, 11) is 6.04. The predicted molar refractivity (Wildman–Crippen MR) is 237 cm³/mol. The number of rotatable bonds is 10. The molecule has 1 saturated carbocycles. The zero-order chi connectivity index (χ0) is 43.8. The summed E-state index contributed by atoms with van der Waals surface area (Å²) >= 11 is 2.01. The fourth-order valence-corrected chi connectivity index (χ4v) is 10.3. The Balaban J connectivity index is 1.18. The molecule has 2 aromatic heterocycles. The highest BCUT2D eigenvalue weighted by molar-refractivity contribution is 14.1. The van der Waals surface area contributed by atoms with Gasteiger partial charge in [-0.2, -0.15) is 5.01 Å². The number of aryl methyl sites for hydroxylation is 3. The van der Waals surface area contributed by atoms with Crippen LogP contribution < -0.4 is 36.6 Å². The molecule has 318 valence electrons. The minimum Gasteiger partial charge on any atom is -0.504 e. The highest BCUT2D eigenvalue weighted by atomic mass is 127. The number of hydrazine groups is 1. The summed E-state index contributed by atoms with van der Waals surface area (Å²) in [5.41, 5.74) is 4.40. The second kappa shape index (κ2) is 15.4. The first-order chi connectivity index (χ1) is 29.8. The number of phenolic OH excluding ortho intramolecular Hbond substituents is 1. The number of aromatic hydroxyl groups is 1. The lowest BCUT2D eigenvalue weighted by Crippen LogP contribution is -2.53. The van der Waals surface area contributed by atoms with Crippen molar-refractivity contribution in [2.24, 2.45) is 13.0 Å². The number of phenols is 1. The molecule has 16 nitrogen and oxygen atoms in total. The molecule has 9 rings (SSSR count). The smallest absolute Gasteiger partial charge is 0.347 e. The number of nitrogens with zero attached hydrogens (tertiary/aromatic N) is 6. The Kier molecular flexibility index (Phi) is 10.1. The Labute approximate surface area is 367 Å². The lowest BCUT2D eigenvalue weighted by molar-refractivity contribution is -0.138. The largest absolute Gasteiger partial charge is 0.504 e. The fraction of sp³-hybridized carbons (Fsp3) is 0.289. The van der Waals surface area contributed by atoms with Crippen LogP contribution in [0.15, 0.2) is 105 Å². The number of benzene rings is 4. The van der Waals surface area contributed by atoms with Crippen LogP contribution >= 0.6 is 22.6 Å². The number of methoxy groups -OCH3 is 3. The van der Waals surface area contributed by atoms with E-state index in [9.17, 15) is 24.3 Å². The van der Waals surface area contributed by atoms with Crippen molar-refractivity contribution < 1.29 is 28.9 Å². The zero-order valence-corrected chi connectivity index (χ0v) is 36.6. The number of anilines is 1. The maximum Gasteiger partial charge on any atom is 0.347 e. The number of imide groups is 1. The number of fused-ring (bicyclic) bond motifs is 5. The Morgan fingerprint density at radius 2 is 1.58 bits per heavy atom. The van der Waals surface area contributed by atoms with Crippen molar-refractivity contribution in [3.05, 3.63) is 148 Å². The van der Waals surface area contributed by atoms with Gasteiger partial charge in [-0.05, 0) is 76.9 Å². The number of hydrogen-bond acceptors (Lipinski definition) is 11. The van der Waals surface area contributed by atoms with Gasteiger partial charge in [0.25, 0.3) is 17.4 Å². The van der Waals surface area contributed by atoms with E-state index in [1.807, 2.05) is 78.1 Å². The average molecular weight is 952 g/mol. The lowest BCUT2D eigenvalue weighted by Gasteiger charge is -2.49. The first-order valence-electron chi connectivity index (χ1n) is 19.9. The van der Waals surface area contributed by atoms with Gasteiger partial charge in [-0.3, -0.25) is 19.8 Å². The number of halogens is 1. The van der Waals surface area contributed by atoms with Crippen molar-refractivity contribution >= 4 is 51.1 Å². The van der Waals surface area contributed by atoms with E-state index in [1.54, 1.807) is 43.4 Å². The molecule has 17 heteroatoms. The zero-order valence-electron chi connectivity index (χ0n) is 34.4. The van der Waals surface area contributed by atoms with Gasteiger partial charge >= 0.3 is 11.4 Å². The highest BCUT2D eigenvalue weighted by Crippen LogP contribution is 2.62. The number of amides is 2. The topological polar surface area (TPSA) is 181 Å². The van der Waals surface area contributed by atoms with Gasteiger partial charge in [0, 0.05) is 38.1 Å². The minimum absolute atomic E-state index is 0.00160. The molecule has 0 spiro atoms. The second-order valence-electron chi connectivity index (χ2n) is 15.7. The lowest BCUT2D eigenvalue weighted by atomic mass is 9.53. The van der Waals surface area contributed by atoms with Crippen molar-refractivity contribution in [2.75, 3.05) is 26.8 Å². The summed E-state index contributed by atoms with van der Waals surface area (Å²) in [5.74, 6) is -1.95. The Morgan fingerprint density at radius 3 is 2.27 bits per heavy atom. The maximum atomic E-state index is 15.5. The number of hydrogen-bond donors (Lipinski definition) is 2. The summed E-state index contributed by atoms with van der Waals surface area (Å²) in [6.07, 6.45) is 1.83. The first-order valence-corrected chi connectivity index (χ1v) is 21.0. The van der Waals surface area contributed by atoms with E-state index in [0.717, 1.165) is 15.1 Å². The van der Waals surface area contributed by atoms with Crippen LogP contribution in [0.2, 0.25) is 0 Å². The van der Waals surface area contributed by atoms with Gasteiger partial charge in [0.15, 0.2) is 23.0 Å². The molecule has 6 aromatic rings. The summed E-state index contributed by atoms with van der Waals surface area (Å²) in [5, 5.41) is 12.1. The monoisotopic (exact) mass is 951 g/mol. The van der Waals surface area contributed by atoms with Crippen molar-refractivity contribution in [3.63, 3.8) is 0 Å². The molecule has 0 unspecified atom stereocenters. The van der Waals surface area contributed by atoms with Gasteiger partial charge in [0.2, 0.25) is 0 Å².